The van der Waals surface area contributed by atoms with Crippen molar-refractivity contribution in [1.29, 1.82) is 0 Å². The van der Waals surface area contributed by atoms with Crippen molar-refractivity contribution in [3.63, 3.8) is 0 Å². The Labute approximate surface area is 114 Å². The van der Waals surface area contributed by atoms with Crippen LogP contribution in [0, 0.1) is 0 Å². The van der Waals surface area contributed by atoms with E-state index in [1.807, 2.05) is 18.2 Å². The van der Waals surface area contributed by atoms with E-state index in [2.05, 4.69) is 26.6 Å². The summed E-state index contributed by atoms with van der Waals surface area (Å²) < 4.78 is 0.853. The number of hydrogen-bond donors (Lipinski definition) is 2. The van der Waals surface area contributed by atoms with E-state index in [1.165, 1.54) is 0 Å². The fourth-order valence-corrected chi connectivity index (χ4v) is 1.95. The molecule has 1 aromatic rings. The first-order chi connectivity index (χ1) is 8.15. The molecule has 0 saturated heterocycles. The highest BCUT2D eigenvalue weighted by molar-refractivity contribution is 9.10. The number of hydrogen-bond acceptors (Lipinski definition) is 2. The number of halogens is 2. The zero-order valence-corrected chi connectivity index (χ0v) is 11.6. The SMILES string of the molecule is O=C(CCNc1ccc(Cl)c(Br)c1)NC1CC1. The number of nitrogens with one attached hydrogen (secondary N) is 2. The van der Waals surface area contributed by atoms with E-state index in [1.54, 1.807) is 0 Å². The summed E-state index contributed by atoms with van der Waals surface area (Å²) >= 11 is 9.25. The lowest BCUT2D eigenvalue weighted by molar-refractivity contribution is -0.120. The van der Waals surface area contributed by atoms with E-state index < -0.39 is 0 Å². The molecule has 1 aliphatic rings. The second kappa shape index (κ2) is 5.74. The van der Waals surface area contributed by atoms with Gasteiger partial charge >= 0.3 is 0 Å². The number of carbonyl (C=O) groups excluding carboxylic acids is 1. The molecule has 1 amide bonds. The van der Waals surface area contributed by atoms with Crippen molar-refractivity contribution in [3.8, 4) is 0 Å². The fraction of sp³-hybridized carbons (Fsp3) is 0.417. The van der Waals surface area contributed by atoms with Crippen molar-refractivity contribution in [2.45, 2.75) is 25.3 Å². The Morgan fingerprint density at radius 1 is 1.47 bits per heavy atom. The minimum atomic E-state index is 0.119. The van der Waals surface area contributed by atoms with Crippen LogP contribution in [0.15, 0.2) is 22.7 Å². The predicted molar refractivity (Wildman–Crippen MR) is 73.4 cm³/mol. The lowest BCUT2D eigenvalue weighted by Gasteiger charge is -2.07. The van der Waals surface area contributed by atoms with Gasteiger partial charge in [-0.3, -0.25) is 4.79 Å². The molecule has 2 rings (SSSR count). The summed E-state index contributed by atoms with van der Waals surface area (Å²) in [5.41, 5.74) is 0.959. The summed E-state index contributed by atoms with van der Waals surface area (Å²) in [6.45, 7) is 0.632. The van der Waals surface area contributed by atoms with Crippen molar-refractivity contribution in [2.75, 3.05) is 11.9 Å². The molecular formula is C12H14BrClN2O. The topological polar surface area (TPSA) is 41.1 Å². The van der Waals surface area contributed by atoms with Gasteiger partial charge in [-0.2, -0.15) is 0 Å². The summed E-state index contributed by atoms with van der Waals surface area (Å²) in [4.78, 5) is 11.4. The van der Waals surface area contributed by atoms with Crippen LogP contribution in [0.4, 0.5) is 5.69 Å². The first-order valence-electron chi connectivity index (χ1n) is 5.63. The van der Waals surface area contributed by atoms with Crippen LogP contribution in [-0.4, -0.2) is 18.5 Å². The van der Waals surface area contributed by atoms with Gasteiger partial charge in [0.15, 0.2) is 0 Å². The molecule has 17 heavy (non-hydrogen) atoms. The summed E-state index contributed by atoms with van der Waals surface area (Å²) in [5, 5.41) is 6.82. The van der Waals surface area contributed by atoms with Crippen LogP contribution < -0.4 is 10.6 Å². The third-order valence-corrected chi connectivity index (χ3v) is 3.76. The number of amides is 1. The predicted octanol–water partition coefficient (Wildman–Crippen LogP) is 3.18. The molecule has 1 saturated carbocycles. The lowest BCUT2D eigenvalue weighted by Crippen LogP contribution is -2.27. The molecule has 3 nitrogen and oxygen atoms in total. The largest absolute Gasteiger partial charge is 0.384 e. The second-order valence-electron chi connectivity index (χ2n) is 4.15. The van der Waals surface area contributed by atoms with E-state index in [0.29, 0.717) is 24.0 Å². The van der Waals surface area contributed by atoms with Crippen LogP contribution in [0.25, 0.3) is 0 Å². The van der Waals surface area contributed by atoms with Gasteiger partial charge in [-0.1, -0.05) is 11.6 Å². The third kappa shape index (κ3) is 4.21. The van der Waals surface area contributed by atoms with Gasteiger partial charge in [0, 0.05) is 29.2 Å². The molecule has 0 unspecified atom stereocenters. The van der Waals surface area contributed by atoms with Gasteiger partial charge in [-0.05, 0) is 47.0 Å². The molecule has 1 aromatic carbocycles. The van der Waals surface area contributed by atoms with Gasteiger partial charge in [0.05, 0.1) is 5.02 Å². The number of rotatable bonds is 5. The van der Waals surface area contributed by atoms with Crippen LogP contribution >= 0.6 is 27.5 Å². The van der Waals surface area contributed by atoms with Crippen LogP contribution in [0.5, 0.6) is 0 Å². The molecule has 0 radical (unpaired) electrons. The van der Waals surface area contributed by atoms with Crippen LogP contribution in [0.1, 0.15) is 19.3 Å². The molecule has 92 valence electrons. The van der Waals surface area contributed by atoms with E-state index in [9.17, 15) is 4.79 Å². The fourth-order valence-electron chi connectivity index (χ4n) is 1.45. The average Bonchev–Trinajstić information content (AvgIpc) is 3.07. The summed E-state index contributed by atoms with van der Waals surface area (Å²) in [5.74, 6) is 0.119. The Bertz CT molecular complexity index is 421. The maximum atomic E-state index is 11.4. The Morgan fingerprint density at radius 3 is 2.88 bits per heavy atom. The number of benzene rings is 1. The highest BCUT2D eigenvalue weighted by Crippen LogP contribution is 2.25. The molecule has 0 bridgehead atoms. The number of carbonyl (C=O) groups is 1. The van der Waals surface area contributed by atoms with Crippen LogP contribution in [0.3, 0.4) is 0 Å². The van der Waals surface area contributed by atoms with Gasteiger partial charge in [0.25, 0.3) is 0 Å². The zero-order chi connectivity index (χ0) is 12.3. The molecule has 5 heteroatoms. The molecule has 1 fully saturated rings. The highest BCUT2D eigenvalue weighted by Gasteiger charge is 2.22. The van der Waals surface area contributed by atoms with Crippen molar-refractivity contribution < 1.29 is 4.79 Å². The van der Waals surface area contributed by atoms with Gasteiger partial charge in [-0.15, -0.1) is 0 Å². The molecule has 0 aliphatic heterocycles. The Morgan fingerprint density at radius 2 is 2.24 bits per heavy atom. The molecule has 2 N–H and O–H groups in total. The lowest BCUT2D eigenvalue weighted by atomic mass is 10.3. The molecule has 0 aromatic heterocycles. The molecular weight excluding hydrogens is 304 g/mol. The van der Waals surface area contributed by atoms with Crippen LogP contribution in [-0.2, 0) is 4.79 Å². The first kappa shape index (κ1) is 12.7. The van der Waals surface area contributed by atoms with E-state index >= 15 is 0 Å². The smallest absolute Gasteiger partial charge is 0.221 e. The monoisotopic (exact) mass is 316 g/mol. The highest BCUT2D eigenvalue weighted by atomic mass is 79.9. The van der Waals surface area contributed by atoms with E-state index in [4.69, 9.17) is 11.6 Å². The molecule has 0 spiro atoms. The van der Waals surface area contributed by atoms with Crippen molar-refractivity contribution in [1.82, 2.24) is 5.32 Å². The molecule has 0 atom stereocenters. The third-order valence-electron chi connectivity index (χ3n) is 2.54. The van der Waals surface area contributed by atoms with Gasteiger partial charge < -0.3 is 10.6 Å². The zero-order valence-electron chi connectivity index (χ0n) is 9.30. The van der Waals surface area contributed by atoms with Gasteiger partial charge in [0.1, 0.15) is 0 Å². The van der Waals surface area contributed by atoms with Crippen LogP contribution in [0.2, 0.25) is 5.02 Å². The standard InChI is InChI=1S/C12H14BrClN2O/c13-10-7-9(3-4-11(10)14)15-6-5-12(17)16-8-1-2-8/h3-4,7-8,15H,1-2,5-6H2,(H,16,17). The van der Waals surface area contributed by atoms with Gasteiger partial charge in [0.2, 0.25) is 5.91 Å². The first-order valence-corrected chi connectivity index (χ1v) is 6.80. The minimum Gasteiger partial charge on any atom is -0.384 e. The maximum absolute atomic E-state index is 11.4. The number of anilines is 1. The second-order valence-corrected chi connectivity index (χ2v) is 5.41. The van der Waals surface area contributed by atoms with Gasteiger partial charge in [-0.25, -0.2) is 0 Å². The minimum absolute atomic E-state index is 0.119. The summed E-state index contributed by atoms with van der Waals surface area (Å²) in [6, 6.07) is 6.05. The quantitative estimate of drug-likeness (QED) is 0.876. The normalized spacial score (nSPS) is 14.5. The Hall–Kier alpha value is -0.740. The Balaban J connectivity index is 1.73. The van der Waals surface area contributed by atoms with Crippen molar-refractivity contribution in [3.05, 3.63) is 27.7 Å². The molecule has 1 aliphatic carbocycles. The van der Waals surface area contributed by atoms with Crippen molar-refractivity contribution >= 4 is 39.1 Å². The summed E-state index contributed by atoms with van der Waals surface area (Å²) in [7, 11) is 0. The summed E-state index contributed by atoms with van der Waals surface area (Å²) in [6.07, 6.45) is 2.75. The van der Waals surface area contributed by atoms with E-state index in [-0.39, 0.29) is 5.91 Å². The molecule has 0 heterocycles. The van der Waals surface area contributed by atoms with E-state index in [0.717, 1.165) is 23.0 Å². The Kier molecular flexibility index (Phi) is 4.29. The van der Waals surface area contributed by atoms with Crippen molar-refractivity contribution in [2.24, 2.45) is 0 Å². The maximum Gasteiger partial charge on any atom is 0.221 e. The average molecular weight is 318 g/mol.